The monoisotopic (exact) mass is 436 g/mol. The predicted molar refractivity (Wildman–Crippen MR) is 124 cm³/mol. The number of hydrogen-bond acceptors (Lipinski definition) is 5. The normalized spacial score (nSPS) is 11.5. The number of esters is 1. The van der Waals surface area contributed by atoms with Crippen LogP contribution in [0.2, 0.25) is 0 Å². The van der Waals surface area contributed by atoms with Gasteiger partial charge in [0.15, 0.2) is 6.61 Å². The van der Waals surface area contributed by atoms with Gasteiger partial charge >= 0.3 is 5.97 Å². The molecule has 2 N–H and O–H groups in total. The molecule has 0 fully saturated rings. The lowest BCUT2D eigenvalue weighted by molar-refractivity contribution is -0.149. The van der Waals surface area contributed by atoms with Crippen LogP contribution in [0.1, 0.15) is 16.8 Å². The summed E-state index contributed by atoms with van der Waals surface area (Å²) in [6, 6.07) is 21.1. The van der Waals surface area contributed by atoms with Crippen molar-refractivity contribution in [2.24, 2.45) is 0 Å². The Morgan fingerprint density at radius 2 is 1.65 bits per heavy atom. The van der Waals surface area contributed by atoms with Gasteiger partial charge in [0.05, 0.1) is 0 Å². The van der Waals surface area contributed by atoms with Gasteiger partial charge in [-0.1, -0.05) is 54.6 Å². The number of nitrogens with one attached hydrogen (secondary N) is 2. The van der Waals surface area contributed by atoms with E-state index < -0.39 is 24.5 Å². The van der Waals surface area contributed by atoms with Crippen LogP contribution in [-0.4, -0.2) is 42.4 Å². The van der Waals surface area contributed by atoms with Crippen molar-refractivity contribution in [3.63, 3.8) is 0 Å². The quantitative estimate of drug-likeness (QED) is 0.498. The van der Waals surface area contributed by atoms with Crippen molar-refractivity contribution in [3.8, 4) is 0 Å². The fourth-order valence-corrected chi connectivity index (χ4v) is 3.55. The van der Waals surface area contributed by atoms with Gasteiger partial charge in [-0.15, -0.1) is 0 Å². The highest BCUT2D eigenvalue weighted by Crippen LogP contribution is 2.22. The summed E-state index contributed by atoms with van der Waals surface area (Å²) in [5, 5.41) is 7.39. The van der Waals surface area contributed by atoms with Crippen molar-refractivity contribution in [2.45, 2.75) is 12.5 Å². The van der Waals surface area contributed by atoms with Crippen LogP contribution in [0.4, 0.5) is 5.69 Å². The number of fused-ring (bicyclic) bond motifs is 1. The van der Waals surface area contributed by atoms with Gasteiger partial charge in [0.2, 0.25) is 0 Å². The maximum absolute atomic E-state index is 12.6. The van der Waals surface area contributed by atoms with Gasteiger partial charge in [0, 0.05) is 16.6 Å². The number of amides is 2. The SMILES string of the molecule is CSCC[C@H](NC(=O)c1ccccc1)C(=O)OCC(=O)Nc1cccc2ccccc12. The van der Waals surface area contributed by atoms with Crippen molar-refractivity contribution in [1.29, 1.82) is 0 Å². The van der Waals surface area contributed by atoms with Crippen LogP contribution >= 0.6 is 11.8 Å². The molecule has 3 aromatic rings. The summed E-state index contributed by atoms with van der Waals surface area (Å²) < 4.78 is 5.21. The maximum Gasteiger partial charge on any atom is 0.329 e. The Labute approximate surface area is 185 Å². The van der Waals surface area contributed by atoms with Crippen LogP contribution < -0.4 is 10.6 Å². The molecule has 0 aliphatic carbocycles. The Bertz CT molecular complexity index is 1050. The molecule has 31 heavy (non-hydrogen) atoms. The molecule has 0 bridgehead atoms. The first kappa shape index (κ1) is 22.4. The van der Waals surface area contributed by atoms with Crippen LogP contribution in [-0.2, 0) is 14.3 Å². The summed E-state index contributed by atoms with van der Waals surface area (Å²) in [6.45, 7) is -0.432. The van der Waals surface area contributed by atoms with Gasteiger partial charge in [-0.25, -0.2) is 4.79 Å². The standard InChI is InChI=1S/C24H24N2O4S/c1-31-15-14-21(26-23(28)18-9-3-2-4-10-18)24(29)30-16-22(27)25-20-13-7-11-17-8-5-6-12-19(17)20/h2-13,21H,14-16H2,1H3,(H,25,27)(H,26,28)/t21-/m0/s1. The molecule has 7 heteroatoms. The van der Waals surface area contributed by atoms with Gasteiger partial charge in [0.1, 0.15) is 6.04 Å². The zero-order valence-corrected chi connectivity index (χ0v) is 18.0. The fraction of sp³-hybridized carbons (Fsp3) is 0.208. The molecule has 2 amide bonds. The molecule has 0 unspecified atom stereocenters. The third-order valence-electron chi connectivity index (χ3n) is 4.65. The minimum atomic E-state index is -0.828. The van der Waals surface area contributed by atoms with E-state index in [2.05, 4.69) is 10.6 Å². The Balaban J connectivity index is 1.59. The van der Waals surface area contributed by atoms with E-state index >= 15 is 0 Å². The number of ether oxygens (including phenoxy) is 1. The first-order chi connectivity index (χ1) is 15.1. The van der Waals surface area contributed by atoms with E-state index in [-0.39, 0.29) is 5.91 Å². The van der Waals surface area contributed by atoms with Crippen LogP contribution in [0.3, 0.4) is 0 Å². The summed E-state index contributed by atoms with van der Waals surface area (Å²) >= 11 is 1.56. The van der Waals surface area contributed by atoms with E-state index in [1.54, 1.807) is 42.1 Å². The molecule has 160 valence electrons. The lowest BCUT2D eigenvalue weighted by Gasteiger charge is -2.17. The minimum Gasteiger partial charge on any atom is -0.454 e. The Morgan fingerprint density at radius 1 is 0.935 bits per heavy atom. The number of benzene rings is 3. The van der Waals surface area contributed by atoms with Crippen molar-refractivity contribution in [1.82, 2.24) is 5.32 Å². The highest BCUT2D eigenvalue weighted by Gasteiger charge is 2.23. The van der Waals surface area contributed by atoms with Gasteiger partial charge in [-0.05, 0) is 42.0 Å². The Morgan fingerprint density at radius 3 is 2.42 bits per heavy atom. The molecular formula is C24H24N2O4S. The zero-order valence-electron chi connectivity index (χ0n) is 17.2. The second-order valence-electron chi connectivity index (χ2n) is 6.86. The molecule has 6 nitrogen and oxygen atoms in total. The van der Waals surface area contributed by atoms with E-state index in [1.807, 2.05) is 48.7 Å². The molecule has 0 spiro atoms. The van der Waals surface area contributed by atoms with Gasteiger partial charge in [-0.3, -0.25) is 9.59 Å². The average molecular weight is 437 g/mol. The van der Waals surface area contributed by atoms with Crippen molar-refractivity contribution >= 4 is 46.0 Å². The zero-order chi connectivity index (χ0) is 22.1. The number of thioether (sulfide) groups is 1. The summed E-state index contributed by atoms with van der Waals surface area (Å²) in [7, 11) is 0. The Hall–Kier alpha value is -3.32. The average Bonchev–Trinajstić information content (AvgIpc) is 2.81. The largest absolute Gasteiger partial charge is 0.454 e. The van der Waals surface area contributed by atoms with E-state index in [4.69, 9.17) is 4.74 Å². The van der Waals surface area contributed by atoms with E-state index in [9.17, 15) is 14.4 Å². The summed E-state index contributed by atoms with van der Waals surface area (Å²) in [5.41, 5.74) is 1.11. The molecule has 0 saturated heterocycles. The Kier molecular flexibility index (Phi) is 8.06. The summed E-state index contributed by atoms with van der Waals surface area (Å²) in [4.78, 5) is 37.3. The predicted octanol–water partition coefficient (Wildman–Crippen LogP) is 3.87. The molecule has 0 aliphatic heterocycles. The van der Waals surface area contributed by atoms with Crippen LogP contribution in [0, 0.1) is 0 Å². The number of rotatable bonds is 9. The molecule has 3 rings (SSSR count). The lowest BCUT2D eigenvalue weighted by Crippen LogP contribution is -2.43. The first-order valence-electron chi connectivity index (χ1n) is 9.87. The van der Waals surface area contributed by atoms with Crippen molar-refractivity contribution in [3.05, 3.63) is 78.4 Å². The highest BCUT2D eigenvalue weighted by molar-refractivity contribution is 7.98. The summed E-state index contributed by atoms with van der Waals surface area (Å²) in [5.74, 6) is -0.769. The molecule has 0 radical (unpaired) electrons. The highest BCUT2D eigenvalue weighted by atomic mass is 32.2. The molecule has 0 aliphatic rings. The van der Waals surface area contributed by atoms with Crippen LogP contribution in [0.15, 0.2) is 72.8 Å². The van der Waals surface area contributed by atoms with Crippen molar-refractivity contribution < 1.29 is 19.1 Å². The van der Waals surface area contributed by atoms with Crippen LogP contribution in [0.25, 0.3) is 10.8 Å². The number of carbonyl (C=O) groups is 3. The van der Waals surface area contributed by atoms with Gasteiger partial charge in [0.25, 0.3) is 11.8 Å². The fourth-order valence-electron chi connectivity index (χ4n) is 3.07. The number of anilines is 1. The maximum atomic E-state index is 12.6. The first-order valence-corrected chi connectivity index (χ1v) is 11.3. The molecule has 0 aromatic heterocycles. The van der Waals surface area contributed by atoms with Crippen molar-refractivity contribution in [2.75, 3.05) is 23.9 Å². The van der Waals surface area contributed by atoms with Gasteiger partial charge in [-0.2, -0.15) is 11.8 Å². The number of carbonyl (C=O) groups excluding carboxylic acids is 3. The van der Waals surface area contributed by atoms with Gasteiger partial charge < -0.3 is 15.4 Å². The third kappa shape index (κ3) is 6.33. The van der Waals surface area contributed by atoms with E-state index in [1.165, 1.54) is 0 Å². The molecular weight excluding hydrogens is 412 g/mol. The third-order valence-corrected chi connectivity index (χ3v) is 5.29. The molecule has 0 heterocycles. The topological polar surface area (TPSA) is 84.5 Å². The second-order valence-corrected chi connectivity index (χ2v) is 7.84. The van der Waals surface area contributed by atoms with E-state index in [0.29, 0.717) is 23.4 Å². The second kappa shape index (κ2) is 11.2. The smallest absolute Gasteiger partial charge is 0.329 e. The summed E-state index contributed by atoms with van der Waals surface area (Å²) in [6.07, 6.45) is 2.32. The molecule has 3 aromatic carbocycles. The molecule has 1 atom stereocenters. The number of hydrogen-bond donors (Lipinski definition) is 2. The lowest BCUT2D eigenvalue weighted by atomic mass is 10.1. The van der Waals surface area contributed by atoms with E-state index in [0.717, 1.165) is 10.8 Å². The van der Waals surface area contributed by atoms with Crippen LogP contribution in [0.5, 0.6) is 0 Å². The molecule has 0 saturated carbocycles. The minimum absolute atomic E-state index is 0.358.